The highest BCUT2D eigenvalue weighted by molar-refractivity contribution is 5.94. The van der Waals surface area contributed by atoms with E-state index < -0.39 is 5.91 Å². The molecular formula is C16H17N3O2. The number of urea groups is 1. The van der Waals surface area contributed by atoms with Gasteiger partial charge in [0.2, 0.25) is 5.91 Å². The van der Waals surface area contributed by atoms with Gasteiger partial charge in [0.25, 0.3) is 0 Å². The summed E-state index contributed by atoms with van der Waals surface area (Å²) in [6, 6.07) is 14.0. The van der Waals surface area contributed by atoms with E-state index in [1.54, 1.807) is 24.3 Å². The zero-order valence-electron chi connectivity index (χ0n) is 11.7. The van der Waals surface area contributed by atoms with Gasteiger partial charge in [-0.05, 0) is 36.8 Å². The van der Waals surface area contributed by atoms with Crippen molar-refractivity contribution < 1.29 is 9.59 Å². The Balaban J connectivity index is 1.86. The van der Waals surface area contributed by atoms with E-state index in [9.17, 15) is 9.59 Å². The number of hydrogen-bond acceptors (Lipinski definition) is 2. The molecule has 0 aliphatic rings. The van der Waals surface area contributed by atoms with Crippen molar-refractivity contribution in [2.24, 2.45) is 5.73 Å². The van der Waals surface area contributed by atoms with Gasteiger partial charge in [-0.3, -0.25) is 4.79 Å². The van der Waals surface area contributed by atoms with E-state index in [4.69, 9.17) is 5.73 Å². The lowest BCUT2D eigenvalue weighted by molar-refractivity contribution is 0.100. The molecule has 0 spiro atoms. The summed E-state index contributed by atoms with van der Waals surface area (Å²) in [6.45, 7) is 2.46. The molecule has 0 saturated heterocycles. The molecule has 0 saturated carbocycles. The van der Waals surface area contributed by atoms with Crippen LogP contribution in [0.2, 0.25) is 0 Å². The Morgan fingerprint density at radius 1 is 1.00 bits per heavy atom. The Kier molecular flexibility index (Phi) is 4.56. The number of carbonyl (C=O) groups is 2. The van der Waals surface area contributed by atoms with Gasteiger partial charge in [-0.1, -0.05) is 29.8 Å². The van der Waals surface area contributed by atoms with Crippen LogP contribution in [0.5, 0.6) is 0 Å². The van der Waals surface area contributed by atoms with E-state index in [1.165, 1.54) is 5.56 Å². The third kappa shape index (κ3) is 4.35. The molecule has 0 heterocycles. The summed E-state index contributed by atoms with van der Waals surface area (Å²) in [5.74, 6) is -0.495. The number of nitrogens with two attached hydrogens (primary N) is 1. The molecule has 0 atom stereocenters. The Bertz CT molecular complexity index is 634. The first-order valence-electron chi connectivity index (χ1n) is 6.55. The van der Waals surface area contributed by atoms with Gasteiger partial charge < -0.3 is 16.4 Å². The van der Waals surface area contributed by atoms with Crippen molar-refractivity contribution in [1.82, 2.24) is 5.32 Å². The second-order valence-electron chi connectivity index (χ2n) is 4.73. The van der Waals surface area contributed by atoms with Crippen LogP contribution in [-0.2, 0) is 6.54 Å². The van der Waals surface area contributed by atoms with Gasteiger partial charge in [0.1, 0.15) is 0 Å². The number of aryl methyl sites for hydroxylation is 1. The molecular weight excluding hydrogens is 266 g/mol. The predicted octanol–water partition coefficient (Wildman–Crippen LogP) is 2.42. The van der Waals surface area contributed by atoms with E-state index in [0.717, 1.165) is 5.56 Å². The Morgan fingerprint density at radius 3 is 2.19 bits per heavy atom. The Labute approximate surface area is 123 Å². The summed E-state index contributed by atoms with van der Waals surface area (Å²) < 4.78 is 0. The monoisotopic (exact) mass is 283 g/mol. The largest absolute Gasteiger partial charge is 0.366 e. The lowest BCUT2D eigenvalue weighted by atomic mass is 10.1. The molecule has 3 amide bonds. The standard InChI is InChI=1S/C16H17N3O2/c1-11-2-4-12(5-3-11)10-18-16(21)19-14-8-6-13(7-9-14)15(17)20/h2-9H,10H2,1H3,(H2,17,20)(H2,18,19,21). The van der Waals surface area contributed by atoms with Gasteiger partial charge >= 0.3 is 6.03 Å². The van der Waals surface area contributed by atoms with Crippen molar-refractivity contribution in [3.05, 3.63) is 65.2 Å². The van der Waals surface area contributed by atoms with Crippen LogP contribution in [0.3, 0.4) is 0 Å². The highest BCUT2D eigenvalue weighted by Gasteiger charge is 2.03. The maximum absolute atomic E-state index is 11.8. The van der Waals surface area contributed by atoms with Crippen LogP contribution in [0.15, 0.2) is 48.5 Å². The average Bonchev–Trinajstić information content (AvgIpc) is 2.47. The summed E-state index contributed by atoms with van der Waals surface area (Å²) in [7, 11) is 0. The summed E-state index contributed by atoms with van der Waals surface area (Å²) in [4.78, 5) is 22.7. The summed E-state index contributed by atoms with van der Waals surface area (Å²) in [6.07, 6.45) is 0. The molecule has 2 rings (SSSR count). The zero-order valence-corrected chi connectivity index (χ0v) is 11.7. The molecule has 0 bridgehead atoms. The molecule has 0 fully saturated rings. The molecule has 21 heavy (non-hydrogen) atoms. The Hall–Kier alpha value is -2.82. The van der Waals surface area contributed by atoms with Crippen molar-refractivity contribution in [1.29, 1.82) is 0 Å². The minimum Gasteiger partial charge on any atom is -0.366 e. The average molecular weight is 283 g/mol. The Morgan fingerprint density at radius 2 is 1.62 bits per heavy atom. The lowest BCUT2D eigenvalue weighted by Crippen LogP contribution is -2.28. The summed E-state index contributed by atoms with van der Waals surface area (Å²) in [5, 5.41) is 5.45. The lowest BCUT2D eigenvalue weighted by Gasteiger charge is -2.08. The van der Waals surface area contributed by atoms with Crippen molar-refractivity contribution in [2.75, 3.05) is 5.32 Å². The molecule has 0 aliphatic carbocycles. The van der Waals surface area contributed by atoms with Crippen molar-refractivity contribution >= 4 is 17.6 Å². The molecule has 2 aromatic rings. The van der Waals surface area contributed by atoms with E-state index >= 15 is 0 Å². The number of hydrogen-bond donors (Lipinski definition) is 3. The first kappa shape index (κ1) is 14.6. The maximum atomic E-state index is 11.8. The molecule has 108 valence electrons. The molecule has 0 unspecified atom stereocenters. The minimum absolute atomic E-state index is 0.303. The number of anilines is 1. The second-order valence-corrected chi connectivity index (χ2v) is 4.73. The van der Waals surface area contributed by atoms with Crippen molar-refractivity contribution in [2.45, 2.75) is 13.5 Å². The minimum atomic E-state index is -0.495. The van der Waals surface area contributed by atoms with Gasteiger partial charge in [0, 0.05) is 17.8 Å². The smallest absolute Gasteiger partial charge is 0.319 e. The fourth-order valence-corrected chi connectivity index (χ4v) is 1.78. The van der Waals surface area contributed by atoms with E-state index in [-0.39, 0.29) is 6.03 Å². The molecule has 2 aromatic carbocycles. The molecule has 0 aliphatic heterocycles. The van der Waals surface area contributed by atoms with Crippen LogP contribution in [0.1, 0.15) is 21.5 Å². The van der Waals surface area contributed by atoms with Crippen LogP contribution in [-0.4, -0.2) is 11.9 Å². The third-order valence-corrected chi connectivity index (χ3v) is 3.00. The number of carbonyl (C=O) groups excluding carboxylic acids is 2. The summed E-state index contributed by atoms with van der Waals surface area (Å²) in [5.41, 5.74) is 8.36. The molecule has 4 N–H and O–H groups in total. The fraction of sp³-hybridized carbons (Fsp3) is 0.125. The molecule has 5 heteroatoms. The molecule has 0 radical (unpaired) electrons. The number of amides is 3. The highest BCUT2D eigenvalue weighted by Crippen LogP contribution is 2.09. The van der Waals surface area contributed by atoms with Crippen LogP contribution < -0.4 is 16.4 Å². The normalized spacial score (nSPS) is 9.95. The first-order chi connectivity index (χ1) is 10.0. The van der Waals surface area contributed by atoms with Crippen molar-refractivity contribution in [3.63, 3.8) is 0 Å². The van der Waals surface area contributed by atoms with E-state index in [1.807, 2.05) is 31.2 Å². The SMILES string of the molecule is Cc1ccc(CNC(=O)Nc2ccc(C(N)=O)cc2)cc1. The maximum Gasteiger partial charge on any atom is 0.319 e. The van der Waals surface area contributed by atoms with Crippen LogP contribution in [0, 0.1) is 6.92 Å². The van der Waals surface area contributed by atoms with Crippen LogP contribution in [0.25, 0.3) is 0 Å². The van der Waals surface area contributed by atoms with Crippen molar-refractivity contribution in [3.8, 4) is 0 Å². The van der Waals surface area contributed by atoms with Gasteiger partial charge in [-0.25, -0.2) is 4.79 Å². The molecule has 0 aromatic heterocycles. The highest BCUT2D eigenvalue weighted by atomic mass is 16.2. The van der Waals surface area contributed by atoms with Gasteiger partial charge in [0.05, 0.1) is 0 Å². The van der Waals surface area contributed by atoms with Gasteiger partial charge in [-0.2, -0.15) is 0 Å². The number of benzene rings is 2. The fourth-order valence-electron chi connectivity index (χ4n) is 1.78. The first-order valence-corrected chi connectivity index (χ1v) is 6.55. The predicted molar refractivity (Wildman–Crippen MR) is 82.0 cm³/mol. The quantitative estimate of drug-likeness (QED) is 0.805. The van der Waals surface area contributed by atoms with E-state index in [2.05, 4.69) is 10.6 Å². The third-order valence-electron chi connectivity index (χ3n) is 3.00. The number of rotatable bonds is 4. The number of nitrogens with one attached hydrogen (secondary N) is 2. The van der Waals surface area contributed by atoms with Crippen LogP contribution in [0.4, 0.5) is 10.5 Å². The van der Waals surface area contributed by atoms with Crippen LogP contribution >= 0.6 is 0 Å². The van der Waals surface area contributed by atoms with Gasteiger partial charge in [0.15, 0.2) is 0 Å². The van der Waals surface area contributed by atoms with E-state index in [0.29, 0.717) is 17.8 Å². The zero-order chi connectivity index (χ0) is 15.2. The second kappa shape index (κ2) is 6.56. The van der Waals surface area contributed by atoms with Gasteiger partial charge in [-0.15, -0.1) is 0 Å². The molecule has 5 nitrogen and oxygen atoms in total. The topological polar surface area (TPSA) is 84.2 Å². The number of primary amides is 1. The summed E-state index contributed by atoms with van der Waals surface area (Å²) >= 11 is 0.